The van der Waals surface area contributed by atoms with E-state index in [1.165, 1.54) is 14.2 Å². The second-order valence-corrected chi connectivity index (χ2v) is 5.24. The van der Waals surface area contributed by atoms with E-state index in [2.05, 4.69) is 0 Å². The molecule has 0 aliphatic carbocycles. The number of carbonyl (C=O) groups is 2. The highest BCUT2D eigenvalue weighted by Gasteiger charge is 2.33. The van der Waals surface area contributed by atoms with E-state index >= 15 is 0 Å². The third kappa shape index (κ3) is 3.17. The highest BCUT2D eigenvalue weighted by molar-refractivity contribution is 6.00. The lowest BCUT2D eigenvalue weighted by molar-refractivity contribution is -0.117. The second kappa shape index (κ2) is 6.61. The molecular weight excluding hydrogens is 270 g/mol. The summed E-state index contributed by atoms with van der Waals surface area (Å²) in [6, 6.07) is 5.24. The Morgan fingerprint density at radius 3 is 2.38 bits per heavy atom. The molecule has 1 aliphatic heterocycles. The summed E-state index contributed by atoms with van der Waals surface area (Å²) in [6.07, 6.45) is 2.19. The van der Waals surface area contributed by atoms with Crippen molar-refractivity contribution in [3.8, 4) is 11.5 Å². The summed E-state index contributed by atoms with van der Waals surface area (Å²) in [6.45, 7) is 2.22. The molecule has 1 aromatic rings. The molecule has 0 N–H and O–H groups in total. The topological polar surface area (TPSA) is 55.8 Å². The molecule has 1 heterocycles. The van der Waals surface area contributed by atoms with Crippen LogP contribution >= 0.6 is 0 Å². The van der Waals surface area contributed by atoms with Gasteiger partial charge in [-0.25, -0.2) is 0 Å². The van der Waals surface area contributed by atoms with Crippen molar-refractivity contribution in [2.24, 2.45) is 0 Å². The van der Waals surface area contributed by atoms with Crippen LogP contribution in [0.1, 0.15) is 36.5 Å². The first kappa shape index (κ1) is 15.4. The lowest BCUT2D eigenvalue weighted by Crippen LogP contribution is -2.37. The number of hydrogen-bond acceptors (Lipinski definition) is 4. The molecule has 0 saturated carbocycles. The van der Waals surface area contributed by atoms with Gasteiger partial charge in [-0.15, -0.1) is 0 Å². The van der Waals surface area contributed by atoms with Crippen molar-refractivity contribution >= 4 is 11.7 Å². The molecule has 0 aromatic heterocycles. The number of rotatable bonds is 5. The Morgan fingerprint density at radius 1 is 1.24 bits per heavy atom. The van der Waals surface area contributed by atoms with Gasteiger partial charge in [0.05, 0.1) is 14.2 Å². The molecule has 21 heavy (non-hydrogen) atoms. The summed E-state index contributed by atoms with van der Waals surface area (Å²) >= 11 is 0. The highest BCUT2D eigenvalue weighted by Crippen LogP contribution is 2.32. The molecule has 1 aromatic carbocycles. The minimum absolute atomic E-state index is 0.0235. The van der Waals surface area contributed by atoms with Crippen molar-refractivity contribution < 1.29 is 19.1 Å². The van der Waals surface area contributed by atoms with E-state index in [9.17, 15) is 9.59 Å². The number of hydrogen-bond donors (Lipinski definition) is 0. The molecule has 114 valence electrons. The van der Waals surface area contributed by atoms with Crippen LogP contribution in [0.25, 0.3) is 0 Å². The van der Waals surface area contributed by atoms with Gasteiger partial charge in [0.15, 0.2) is 0 Å². The van der Waals surface area contributed by atoms with Crippen molar-refractivity contribution in [2.75, 3.05) is 20.8 Å². The van der Waals surface area contributed by atoms with E-state index in [-0.39, 0.29) is 17.7 Å². The number of Topliss-reactive ketones (excluding diaryl/α,β-unsaturated/α-hetero) is 1. The molecular formula is C16H21NO4. The monoisotopic (exact) mass is 291 g/mol. The molecule has 0 spiro atoms. The Hall–Kier alpha value is -2.04. The van der Waals surface area contributed by atoms with Crippen LogP contribution in [0, 0.1) is 0 Å². The standard InChI is InChI=1S/C16H21NO4/c1-11(18)10-12-6-5-9-17(12)16(19)15-13(20-2)7-4-8-14(15)21-3/h4,7-8,12H,5-6,9-10H2,1-3H3. The molecule has 2 rings (SSSR count). The fraction of sp³-hybridized carbons (Fsp3) is 0.500. The maximum absolute atomic E-state index is 12.9. The van der Waals surface area contributed by atoms with E-state index in [1.54, 1.807) is 30.0 Å². The van der Waals surface area contributed by atoms with Crippen LogP contribution in [0.2, 0.25) is 0 Å². The maximum Gasteiger partial charge on any atom is 0.261 e. The van der Waals surface area contributed by atoms with Crippen molar-refractivity contribution in [1.29, 1.82) is 0 Å². The Bertz CT molecular complexity index is 519. The van der Waals surface area contributed by atoms with Crippen LogP contribution in [-0.2, 0) is 4.79 Å². The minimum atomic E-state index is -0.131. The largest absolute Gasteiger partial charge is 0.496 e. The number of ketones is 1. The number of amides is 1. The molecule has 1 aliphatic rings. The van der Waals surface area contributed by atoms with E-state index in [0.717, 1.165) is 12.8 Å². The first-order chi connectivity index (χ1) is 10.1. The van der Waals surface area contributed by atoms with Crippen LogP contribution in [0.5, 0.6) is 11.5 Å². The van der Waals surface area contributed by atoms with Gasteiger partial charge in [0.25, 0.3) is 5.91 Å². The van der Waals surface area contributed by atoms with Gasteiger partial charge in [-0.3, -0.25) is 9.59 Å². The van der Waals surface area contributed by atoms with Gasteiger partial charge in [0.2, 0.25) is 0 Å². The predicted molar refractivity (Wildman–Crippen MR) is 78.9 cm³/mol. The quantitative estimate of drug-likeness (QED) is 0.835. The molecule has 5 nitrogen and oxygen atoms in total. The number of likely N-dealkylation sites (tertiary alicyclic amines) is 1. The van der Waals surface area contributed by atoms with Crippen LogP contribution in [0.3, 0.4) is 0 Å². The Kier molecular flexibility index (Phi) is 4.83. The van der Waals surface area contributed by atoms with Gasteiger partial charge < -0.3 is 14.4 Å². The Labute approximate surface area is 124 Å². The Balaban J connectivity index is 2.33. The first-order valence-electron chi connectivity index (χ1n) is 7.10. The third-order valence-electron chi connectivity index (χ3n) is 3.80. The van der Waals surface area contributed by atoms with Gasteiger partial charge in [0.1, 0.15) is 22.8 Å². The molecule has 1 saturated heterocycles. The summed E-state index contributed by atoms with van der Waals surface area (Å²) in [7, 11) is 3.06. The molecule has 1 amide bonds. The van der Waals surface area contributed by atoms with Crippen molar-refractivity contribution in [3.63, 3.8) is 0 Å². The van der Waals surface area contributed by atoms with E-state index in [1.807, 2.05) is 0 Å². The summed E-state index contributed by atoms with van der Waals surface area (Å²) in [4.78, 5) is 26.0. The smallest absolute Gasteiger partial charge is 0.261 e. The van der Waals surface area contributed by atoms with E-state index in [0.29, 0.717) is 30.0 Å². The molecule has 1 unspecified atom stereocenters. The average Bonchev–Trinajstić information content (AvgIpc) is 2.92. The zero-order valence-electron chi connectivity index (χ0n) is 12.7. The fourth-order valence-electron chi connectivity index (χ4n) is 2.85. The molecule has 0 bridgehead atoms. The van der Waals surface area contributed by atoms with Gasteiger partial charge in [-0.05, 0) is 31.9 Å². The van der Waals surface area contributed by atoms with Gasteiger partial charge >= 0.3 is 0 Å². The molecule has 1 fully saturated rings. The van der Waals surface area contributed by atoms with Crippen LogP contribution in [0.15, 0.2) is 18.2 Å². The zero-order valence-corrected chi connectivity index (χ0v) is 12.7. The third-order valence-corrected chi connectivity index (χ3v) is 3.80. The molecule has 5 heteroatoms. The predicted octanol–water partition coefficient (Wildman–Crippen LogP) is 2.29. The fourth-order valence-corrected chi connectivity index (χ4v) is 2.85. The number of methoxy groups -OCH3 is 2. The van der Waals surface area contributed by atoms with Gasteiger partial charge in [-0.2, -0.15) is 0 Å². The minimum Gasteiger partial charge on any atom is -0.496 e. The summed E-state index contributed by atoms with van der Waals surface area (Å²) in [5.74, 6) is 0.959. The second-order valence-electron chi connectivity index (χ2n) is 5.24. The van der Waals surface area contributed by atoms with Crippen LogP contribution in [0.4, 0.5) is 0 Å². The number of benzene rings is 1. The summed E-state index contributed by atoms with van der Waals surface area (Å²) in [5.41, 5.74) is 0.429. The SMILES string of the molecule is COc1cccc(OC)c1C(=O)N1CCCC1CC(C)=O. The van der Waals surface area contributed by atoms with Crippen LogP contribution < -0.4 is 9.47 Å². The van der Waals surface area contributed by atoms with E-state index in [4.69, 9.17) is 9.47 Å². The maximum atomic E-state index is 12.9. The zero-order chi connectivity index (χ0) is 15.4. The molecule has 0 radical (unpaired) electrons. The van der Waals surface area contributed by atoms with Crippen molar-refractivity contribution in [2.45, 2.75) is 32.2 Å². The van der Waals surface area contributed by atoms with Crippen LogP contribution in [-0.4, -0.2) is 43.4 Å². The highest BCUT2D eigenvalue weighted by atomic mass is 16.5. The lowest BCUT2D eigenvalue weighted by Gasteiger charge is -2.25. The summed E-state index contributed by atoms with van der Waals surface area (Å²) < 4.78 is 10.6. The number of carbonyl (C=O) groups excluding carboxylic acids is 2. The number of ether oxygens (including phenoxy) is 2. The summed E-state index contributed by atoms with van der Waals surface area (Å²) in [5, 5.41) is 0. The normalized spacial score (nSPS) is 17.7. The first-order valence-corrected chi connectivity index (χ1v) is 7.10. The van der Waals surface area contributed by atoms with Gasteiger partial charge in [0, 0.05) is 19.0 Å². The lowest BCUT2D eigenvalue weighted by atomic mass is 10.1. The van der Waals surface area contributed by atoms with Crippen molar-refractivity contribution in [1.82, 2.24) is 4.90 Å². The number of nitrogens with zero attached hydrogens (tertiary/aromatic N) is 1. The molecule has 1 atom stereocenters. The average molecular weight is 291 g/mol. The Morgan fingerprint density at radius 2 is 1.86 bits per heavy atom. The van der Waals surface area contributed by atoms with E-state index < -0.39 is 0 Å². The van der Waals surface area contributed by atoms with Crippen molar-refractivity contribution in [3.05, 3.63) is 23.8 Å². The van der Waals surface area contributed by atoms with Gasteiger partial charge in [-0.1, -0.05) is 6.07 Å².